The lowest BCUT2D eigenvalue weighted by molar-refractivity contribution is -0.193. The topological polar surface area (TPSA) is 622 Å². The van der Waals surface area contributed by atoms with Crippen LogP contribution >= 0.6 is 0 Å². The molecule has 630 valence electrons. The molecule has 0 radical (unpaired) electrons. The molecule has 0 aliphatic carbocycles. The number of aliphatic hydroxyl groups is 4. The molecular weight excluding hydrogens is 1520 g/mol. The second-order valence-corrected chi connectivity index (χ2v) is 27.5. The summed E-state index contributed by atoms with van der Waals surface area (Å²) in [5, 5.41) is 84.6. The number of carbonyl (C=O) groups excluding carboxylic acids is 12. The molecule has 1 aromatic carbocycles. The van der Waals surface area contributed by atoms with Gasteiger partial charge in [0.2, 0.25) is 70.9 Å². The molecule has 46 heteroatoms. The molecule has 12 amide bonds. The van der Waals surface area contributed by atoms with Crippen molar-refractivity contribution in [2.45, 2.75) is 211 Å². The number of amides is 12. The summed E-state index contributed by atoms with van der Waals surface area (Å²) in [6.07, 6.45) is -21.4. The van der Waals surface area contributed by atoms with E-state index in [4.69, 9.17) is 42.7 Å². The van der Waals surface area contributed by atoms with Crippen LogP contribution in [0.5, 0.6) is 0 Å². The summed E-state index contributed by atoms with van der Waals surface area (Å²) < 4.78 is 105. The van der Waals surface area contributed by atoms with E-state index >= 15 is 14.4 Å². The first-order valence-electron chi connectivity index (χ1n) is 34.2. The first kappa shape index (κ1) is 99.4. The maximum absolute atomic E-state index is 15.6. The first-order valence-corrected chi connectivity index (χ1v) is 34.2. The number of pyridine rings is 1. The Hall–Kier alpha value is -10.6. The predicted octanol–water partition coefficient (Wildman–Crippen LogP) is -3.59. The summed E-state index contributed by atoms with van der Waals surface area (Å²) in [4.78, 5) is 197. The van der Waals surface area contributed by atoms with Crippen molar-refractivity contribution in [2.75, 3.05) is 19.7 Å². The van der Waals surface area contributed by atoms with E-state index in [0.29, 0.717) is 6.07 Å². The summed E-state index contributed by atoms with van der Waals surface area (Å²) >= 11 is 0. The molecule has 1 aliphatic heterocycles. The summed E-state index contributed by atoms with van der Waals surface area (Å²) in [5.74, 6) is -23.3. The number of halogens is 9. The fourth-order valence-electron chi connectivity index (χ4n) is 9.97. The molecule has 0 saturated carbocycles. The van der Waals surface area contributed by atoms with Gasteiger partial charge in [0.15, 0.2) is 12.1 Å². The first-order chi connectivity index (χ1) is 51.5. The third-order valence-corrected chi connectivity index (χ3v) is 16.0. The van der Waals surface area contributed by atoms with Gasteiger partial charge in [-0.2, -0.15) is 39.5 Å². The average molecular weight is 1620 g/mol. The third kappa shape index (κ3) is 34.8. The van der Waals surface area contributed by atoms with Crippen LogP contribution in [0.2, 0.25) is 0 Å². The number of aliphatic imine (C=N–C) groups is 1. The maximum atomic E-state index is 15.6. The van der Waals surface area contributed by atoms with Crippen molar-refractivity contribution >= 4 is 88.8 Å². The van der Waals surface area contributed by atoms with Gasteiger partial charge in [-0.05, 0) is 73.0 Å². The van der Waals surface area contributed by atoms with Crippen molar-refractivity contribution in [3.8, 4) is 0 Å². The van der Waals surface area contributed by atoms with Gasteiger partial charge >= 0.3 is 30.5 Å². The molecule has 2 aromatic rings. The highest BCUT2D eigenvalue weighted by Crippen LogP contribution is 2.28. The number of carboxylic acid groups (broad SMARTS) is 2. The van der Waals surface area contributed by atoms with Crippen LogP contribution in [-0.2, 0) is 79.7 Å². The van der Waals surface area contributed by atoms with E-state index in [0.717, 1.165) is 19.2 Å². The number of nitrogens with two attached hydrogens (primary N) is 4. The zero-order valence-electron chi connectivity index (χ0n) is 62.3. The number of guanidine groups is 1. The zero-order valence-corrected chi connectivity index (χ0v) is 62.3. The number of nitrogens with one attached hydrogen (secondary N) is 11. The Morgan fingerprint density at radius 1 is 0.625 bits per heavy atom. The Morgan fingerprint density at radius 3 is 1.59 bits per heavy atom. The van der Waals surface area contributed by atoms with Gasteiger partial charge in [-0.1, -0.05) is 105 Å². The van der Waals surface area contributed by atoms with Crippen molar-refractivity contribution < 1.29 is 137 Å². The van der Waals surface area contributed by atoms with Crippen LogP contribution in [0, 0.1) is 23.2 Å². The molecule has 25 N–H and O–H groups in total. The Labute approximate surface area is 635 Å². The lowest BCUT2D eigenvalue weighted by atomic mass is 9.88. The Morgan fingerprint density at radius 2 is 1.12 bits per heavy atom. The van der Waals surface area contributed by atoms with Crippen molar-refractivity contribution in [3.63, 3.8) is 0 Å². The number of benzene rings is 1. The van der Waals surface area contributed by atoms with Crippen molar-refractivity contribution in [1.82, 2.24) is 63.5 Å². The minimum Gasteiger partial charge on any atom is -0.475 e. The van der Waals surface area contributed by atoms with Crippen LogP contribution in [0.25, 0.3) is 0 Å². The number of aliphatic hydroxyl groups excluding tert-OH is 4. The van der Waals surface area contributed by atoms with Gasteiger partial charge in [0.1, 0.15) is 60.1 Å². The van der Waals surface area contributed by atoms with Crippen LogP contribution in [0.15, 0.2) is 53.7 Å². The van der Waals surface area contributed by atoms with Crippen molar-refractivity contribution in [2.24, 2.45) is 51.1 Å². The molecule has 0 unspecified atom stereocenters. The standard InChI is InChI=1S/C62H96F3N17O16.2C2HF3O2/c1-11-30(6)41-56(95)79-42(31(7)84)55(94)72-26-40(85)77-46(48(87)49(67)88)59(98)76-38(27-83)54(93)80-43(33-16-13-12-14-17-33)44(81-53(92)37(74-50(89)34(66)24-61(8,9)10)23-32-19-20-39(71-25-32)62(63,64)65)57(96)82-45(47(86)29(4)5)58(97)75-36(22-28(2)3)52(91)73-35(51(90)78-41)18-15-21-70-60(68)69;2*3-2(4,5)1(6)7/h12-14,16-17,19-20,25,28-31,34-38,41-48,83-84,86-87H,11,15,18,21-24,26-27,66H2,1-10H3,(H2,67,88)(H,72,94)(H,73,91)(H,74,89)(H,75,97)(H,76,98)(H,77,85)(H,78,90)(H,79,95)(H,80,93)(H,81,92)(H,82,96)(H4,68,69,70);2*(H,6,7)/t30-,31-,34+,35+,36-,37-,38-,41-,42-,43+,44-,45-,46-,47+,48-;;/m0../s1. The minimum atomic E-state index is -5.08. The molecule has 1 fully saturated rings. The van der Waals surface area contributed by atoms with Gasteiger partial charge in [-0.15, -0.1) is 0 Å². The van der Waals surface area contributed by atoms with Gasteiger partial charge in [-0.25, -0.2) is 9.59 Å². The van der Waals surface area contributed by atoms with Gasteiger partial charge in [0.05, 0.1) is 37.4 Å². The molecule has 1 aromatic heterocycles. The number of aromatic nitrogens is 1. The summed E-state index contributed by atoms with van der Waals surface area (Å²) in [6, 6.07) is -12.5. The van der Waals surface area contributed by atoms with E-state index in [-0.39, 0.29) is 55.7 Å². The summed E-state index contributed by atoms with van der Waals surface area (Å²) in [5.41, 5.74) is 20.6. The lowest BCUT2D eigenvalue weighted by Gasteiger charge is -2.34. The largest absolute Gasteiger partial charge is 0.490 e. The van der Waals surface area contributed by atoms with E-state index in [2.05, 4.69) is 57.8 Å². The molecule has 3 rings (SSSR count). The zero-order chi connectivity index (χ0) is 86.4. The number of hydrogen-bond donors (Lipinski definition) is 21. The molecule has 112 heavy (non-hydrogen) atoms. The number of nitrogens with zero attached hydrogens (tertiary/aromatic N) is 2. The molecule has 2 heterocycles. The minimum absolute atomic E-state index is 0.00399. The highest BCUT2D eigenvalue weighted by molar-refractivity contribution is 6.01. The molecule has 0 bridgehead atoms. The number of aliphatic carboxylic acids is 2. The second kappa shape index (κ2) is 45.0. The fraction of sp³-hybridized carbons (Fsp3) is 0.606. The number of primary amides is 1. The fourth-order valence-corrected chi connectivity index (χ4v) is 9.97. The summed E-state index contributed by atoms with van der Waals surface area (Å²) in [7, 11) is 0. The Kier molecular flexibility index (Phi) is 40.0. The van der Waals surface area contributed by atoms with E-state index in [1.165, 1.54) is 44.2 Å². The van der Waals surface area contributed by atoms with E-state index in [1.807, 2.05) is 10.6 Å². The molecule has 1 saturated heterocycles. The monoisotopic (exact) mass is 1620 g/mol. The molecule has 0 spiro atoms. The number of rotatable bonds is 22. The lowest BCUT2D eigenvalue weighted by Crippen LogP contribution is -2.65. The Balaban J connectivity index is 0.00000406. The molecule has 1 aliphatic rings. The van der Waals surface area contributed by atoms with Crippen LogP contribution in [0.4, 0.5) is 39.5 Å². The van der Waals surface area contributed by atoms with E-state index < -0.39 is 235 Å². The number of carbonyl (C=O) groups is 14. The summed E-state index contributed by atoms with van der Waals surface area (Å²) in [6.45, 7) is 13.1. The SMILES string of the molecule is CC[C@H](C)[C@@H]1NC(=O)[C@@H](CCCN=C(N)N)NC(=O)[C@H](CC(C)C)NC(=O)[C@H]([C@H](O)C(C)C)NC(=O)[C@@H](NC(=O)[C@H](Cc2ccc(C(F)(F)F)nc2)NC(=O)[C@H](N)CC(C)(C)C)[C@@H](c2ccccc2)NC(=O)[C@H](CO)NC(=O)[C@H]([C@H](O)C(N)=O)NC(=O)CNC(=O)[C@H]([C@H](C)O)NC1=O.O=C(O)C(F)(F)F.O=C(O)C(F)(F)F. The highest BCUT2D eigenvalue weighted by Gasteiger charge is 2.45. The van der Waals surface area contributed by atoms with Crippen molar-refractivity contribution in [3.05, 3.63) is 65.5 Å². The molecule has 37 nitrogen and oxygen atoms in total. The van der Waals surface area contributed by atoms with Gasteiger partial charge in [0.25, 0.3) is 0 Å². The molecule has 15 atom stereocenters. The van der Waals surface area contributed by atoms with Crippen LogP contribution in [0.1, 0.15) is 124 Å². The third-order valence-electron chi connectivity index (χ3n) is 16.0. The quantitative estimate of drug-likeness (QED) is 0.0234. The average Bonchev–Trinajstić information content (AvgIpc) is 0.809. The Bertz CT molecular complexity index is 3550. The van der Waals surface area contributed by atoms with Crippen LogP contribution in [-0.4, -0.2) is 235 Å². The number of alkyl halides is 9. The van der Waals surface area contributed by atoms with Crippen molar-refractivity contribution in [1.29, 1.82) is 0 Å². The van der Waals surface area contributed by atoms with E-state index in [9.17, 15) is 103 Å². The second-order valence-electron chi connectivity index (χ2n) is 27.5. The van der Waals surface area contributed by atoms with Crippen LogP contribution < -0.4 is 81.4 Å². The van der Waals surface area contributed by atoms with Crippen LogP contribution in [0.3, 0.4) is 0 Å². The molecular formula is C66H98F9N17O20. The normalized spacial score (nSPS) is 22.3. The highest BCUT2D eigenvalue weighted by atomic mass is 19.4. The predicted molar refractivity (Wildman–Crippen MR) is 374 cm³/mol. The van der Waals surface area contributed by atoms with Gasteiger partial charge in [-0.3, -0.25) is 67.5 Å². The number of hydrogen-bond acceptors (Lipinski definition) is 21. The number of carboxylic acids is 2. The smallest absolute Gasteiger partial charge is 0.475 e. The van der Waals surface area contributed by atoms with Gasteiger partial charge in [0, 0.05) is 19.2 Å². The van der Waals surface area contributed by atoms with E-state index in [1.54, 1.807) is 48.5 Å². The maximum Gasteiger partial charge on any atom is 0.490 e. The van der Waals surface area contributed by atoms with Gasteiger partial charge < -0.3 is 112 Å².